The molecule has 0 atom stereocenters. The molecule has 0 unspecified atom stereocenters. The molecule has 5 rings (SSSR count). The van der Waals surface area contributed by atoms with E-state index in [9.17, 15) is 23.2 Å². The largest absolute Gasteiger partial charge is 0.480 e. The van der Waals surface area contributed by atoms with Crippen LogP contribution in [-0.2, 0) is 22.7 Å². The second-order valence-corrected chi connectivity index (χ2v) is 11.3. The van der Waals surface area contributed by atoms with Crippen LogP contribution in [-0.4, -0.2) is 71.8 Å². The Labute approximate surface area is 270 Å². The molecule has 2 N–H and O–H groups in total. The van der Waals surface area contributed by atoms with Crippen molar-refractivity contribution in [2.75, 3.05) is 46.8 Å². The van der Waals surface area contributed by atoms with Crippen molar-refractivity contribution in [2.24, 2.45) is 0 Å². The summed E-state index contributed by atoms with van der Waals surface area (Å²) in [6.45, 7) is 0.683. The quantitative estimate of drug-likeness (QED) is 0.190. The van der Waals surface area contributed by atoms with E-state index in [-0.39, 0.29) is 34.0 Å². The predicted molar refractivity (Wildman–Crippen MR) is 172 cm³/mol. The number of halogens is 2. The number of hydrogen-bond acceptors (Lipinski definition) is 10. The molecule has 47 heavy (non-hydrogen) atoms. The maximum atomic E-state index is 15.0. The van der Waals surface area contributed by atoms with E-state index in [2.05, 4.69) is 25.8 Å². The predicted octanol–water partition coefficient (Wildman–Crippen LogP) is 3.77. The van der Waals surface area contributed by atoms with Crippen molar-refractivity contribution < 1.29 is 27.9 Å². The minimum absolute atomic E-state index is 0.0957. The molecular formula is C31H31F2N7O6S. The summed E-state index contributed by atoms with van der Waals surface area (Å²) in [5, 5.41) is 10.7. The van der Waals surface area contributed by atoms with Crippen molar-refractivity contribution in [3.05, 3.63) is 98.2 Å². The fraction of sp³-hybridized carbons (Fsp3) is 0.258. The van der Waals surface area contributed by atoms with Crippen LogP contribution in [0.1, 0.15) is 11.1 Å². The summed E-state index contributed by atoms with van der Waals surface area (Å²) in [6.07, 6.45) is 0. The normalized spacial score (nSPS) is 11.3. The third-order valence-corrected chi connectivity index (χ3v) is 8.52. The number of ether oxygens (including phenoxy) is 2. The smallest absolute Gasteiger partial charge is 0.343 e. The molecule has 5 aromatic rings. The number of hydrogen-bond donors (Lipinski definition) is 2. The first-order valence-corrected chi connectivity index (χ1v) is 15.0. The molecule has 3 aromatic heterocycles. The lowest BCUT2D eigenvalue weighted by molar-refractivity contribution is 0.114. The lowest BCUT2D eigenvalue weighted by Gasteiger charge is -2.17. The van der Waals surface area contributed by atoms with Crippen molar-refractivity contribution >= 4 is 33.3 Å². The summed E-state index contributed by atoms with van der Waals surface area (Å²) in [7, 11) is 6.14. The highest BCUT2D eigenvalue weighted by Crippen LogP contribution is 2.38. The van der Waals surface area contributed by atoms with Crippen LogP contribution in [0.5, 0.6) is 5.88 Å². The number of nitrogens with one attached hydrogen (secondary N) is 2. The van der Waals surface area contributed by atoms with Gasteiger partial charge in [-0.05, 0) is 48.5 Å². The van der Waals surface area contributed by atoms with E-state index in [1.807, 2.05) is 11.9 Å². The first kappa shape index (κ1) is 33.3. The minimum atomic E-state index is -0.861. The van der Waals surface area contributed by atoms with Crippen LogP contribution in [0.4, 0.5) is 19.3 Å². The Bertz CT molecular complexity index is 1990. The average molecular weight is 668 g/mol. The van der Waals surface area contributed by atoms with Gasteiger partial charge in [-0.3, -0.25) is 19.1 Å². The second kappa shape index (κ2) is 14.6. The molecule has 0 aliphatic carbocycles. The van der Waals surface area contributed by atoms with E-state index in [0.29, 0.717) is 34.8 Å². The average Bonchev–Trinajstić information content (AvgIpc) is 3.43. The van der Waals surface area contributed by atoms with Gasteiger partial charge >= 0.3 is 11.7 Å². The van der Waals surface area contributed by atoms with Crippen molar-refractivity contribution in [2.45, 2.75) is 13.1 Å². The Morgan fingerprint density at radius 2 is 1.70 bits per heavy atom. The zero-order valence-corrected chi connectivity index (χ0v) is 26.7. The van der Waals surface area contributed by atoms with Gasteiger partial charge in [-0.25, -0.2) is 28.4 Å². The molecule has 0 spiro atoms. The molecule has 13 nitrogen and oxygen atoms in total. The summed E-state index contributed by atoms with van der Waals surface area (Å²) >= 11 is 1.14. The number of urea groups is 1. The van der Waals surface area contributed by atoms with Crippen LogP contribution >= 0.6 is 11.3 Å². The van der Waals surface area contributed by atoms with E-state index in [1.54, 1.807) is 31.4 Å². The number of aromatic nitrogens is 4. The van der Waals surface area contributed by atoms with Gasteiger partial charge in [0.2, 0.25) is 5.88 Å². The molecule has 0 bridgehead atoms. The van der Waals surface area contributed by atoms with Gasteiger partial charge in [0.05, 0.1) is 32.8 Å². The van der Waals surface area contributed by atoms with Crippen LogP contribution in [0.3, 0.4) is 0 Å². The minimum Gasteiger partial charge on any atom is -0.480 e. The summed E-state index contributed by atoms with van der Waals surface area (Å²) in [5.41, 5.74) is 2.00. The number of amides is 2. The van der Waals surface area contributed by atoms with Crippen LogP contribution in [0.15, 0.2) is 64.2 Å². The molecule has 246 valence electrons. The Morgan fingerprint density at radius 3 is 2.32 bits per heavy atom. The number of nitrogens with zero attached hydrogens (tertiary/aromatic N) is 5. The number of hydroxylamine groups is 1. The van der Waals surface area contributed by atoms with Gasteiger partial charge in [0.1, 0.15) is 16.5 Å². The summed E-state index contributed by atoms with van der Waals surface area (Å²) in [5.74, 6) is -1.62. The molecule has 2 aromatic carbocycles. The van der Waals surface area contributed by atoms with Gasteiger partial charge in [0, 0.05) is 42.4 Å². The first-order chi connectivity index (χ1) is 22.7. The third kappa shape index (κ3) is 7.05. The Hall–Kier alpha value is -5.03. The number of methoxy groups -OCH3 is 2. The van der Waals surface area contributed by atoms with Gasteiger partial charge in [-0.2, -0.15) is 0 Å². The molecule has 0 saturated heterocycles. The van der Waals surface area contributed by atoms with Crippen LogP contribution in [0.25, 0.3) is 26.5 Å². The summed E-state index contributed by atoms with van der Waals surface area (Å²) in [4.78, 5) is 47.8. The number of likely N-dealkylation sites (N-methyl/N-ethyl adjacent to an activating group) is 1. The number of anilines is 1. The number of carbonyl (C=O) groups is 1. The number of carbonyl (C=O) groups excluding carboxylic acids is 1. The van der Waals surface area contributed by atoms with Gasteiger partial charge in [0.15, 0.2) is 5.82 Å². The maximum absolute atomic E-state index is 15.0. The van der Waals surface area contributed by atoms with E-state index in [1.165, 1.54) is 37.0 Å². The second-order valence-electron chi connectivity index (χ2n) is 10.3. The maximum Gasteiger partial charge on any atom is 0.343 e. The fourth-order valence-corrected chi connectivity index (χ4v) is 6.23. The van der Waals surface area contributed by atoms with Gasteiger partial charge < -0.3 is 14.8 Å². The van der Waals surface area contributed by atoms with E-state index >= 15 is 0 Å². The molecule has 3 heterocycles. The highest BCUT2D eigenvalue weighted by atomic mass is 32.1. The number of fused-ring (bicyclic) bond motifs is 1. The molecule has 0 aliphatic heterocycles. The summed E-state index contributed by atoms with van der Waals surface area (Å²) < 4.78 is 42.2. The van der Waals surface area contributed by atoms with Gasteiger partial charge in [-0.15, -0.1) is 21.5 Å². The van der Waals surface area contributed by atoms with Crippen molar-refractivity contribution in [3.8, 4) is 22.1 Å². The first-order valence-electron chi connectivity index (χ1n) is 14.2. The molecule has 0 saturated carbocycles. The number of benzene rings is 2. The van der Waals surface area contributed by atoms with Crippen molar-refractivity contribution in [1.82, 2.24) is 29.7 Å². The van der Waals surface area contributed by atoms with Crippen LogP contribution in [0, 0.1) is 11.6 Å². The van der Waals surface area contributed by atoms with E-state index < -0.39 is 35.5 Å². The van der Waals surface area contributed by atoms with Gasteiger partial charge in [-0.1, -0.05) is 18.2 Å². The molecule has 0 radical (unpaired) electrons. The summed E-state index contributed by atoms with van der Waals surface area (Å²) in [6, 6.07) is 12.5. The SMILES string of the molecule is COCCN(C)Cc1c(-c2ccc(NC(=O)NOC)cc2)sc2c1c(=O)n(-c1ccc(OC)nn1)c(=O)n2Cc1c(F)cccc1F. The lowest BCUT2D eigenvalue weighted by Crippen LogP contribution is -2.40. The highest BCUT2D eigenvalue weighted by molar-refractivity contribution is 7.22. The zero-order valence-electron chi connectivity index (χ0n) is 25.9. The Morgan fingerprint density at radius 1 is 0.979 bits per heavy atom. The lowest BCUT2D eigenvalue weighted by atomic mass is 10.1. The molecule has 16 heteroatoms. The van der Waals surface area contributed by atoms with Gasteiger partial charge in [0.25, 0.3) is 5.56 Å². The highest BCUT2D eigenvalue weighted by Gasteiger charge is 2.26. The van der Waals surface area contributed by atoms with E-state index in [4.69, 9.17) is 9.47 Å². The molecule has 2 amide bonds. The van der Waals surface area contributed by atoms with Crippen molar-refractivity contribution in [3.63, 3.8) is 0 Å². The van der Waals surface area contributed by atoms with Crippen LogP contribution in [0.2, 0.25) is 0 Å². The van der Waals surface area contributed by atoms with Crippen LogP contribution < -0.4 is 26.8 Å². The zero-order chi connectivity index (χ0) is 33.7. The standard InChI is InChI=1S/C31H31F2N7O6S/c1-38(14-15-44-2)16-21-26-28(41)40(24-12-13-25(45-3)36-35-24)31(43)39(17-20-22(32)6-5-7-23(20)33)29(26)47-27(21)18-8-10-19(11-9-18)34-30(42)37-46-4/h5-13H,14-17H2,1-4H3,(H2,34,37,42). The Balaban J connectivity index is 1.79. The Kier molecular flexibility index (Phi) is 10.4. The van der Waals surface area contributed by atoms with Crippen molar-refractivity contribution in [1.29, 1.82) is 0 Å². The monoisotopic (exact) mass is 667 g/mol. The molecule has 0 aliphatic rings. The molecule has 0 fully saturated rings. The number of thiophene rings is 1. The topological polar surface area (TPSA) is 142 Å². The third-order valence-electron chi connectivity index (χ3n) is 7.22. The fourth-order valence-electron chi connectivity index (χ4n) is 4.93. The molecular weight excluding hydrogens is 636 g/mol. The number of rotatable bonds is 12. The van der Waals surface area contributed by atoms with E-state index in [0.717, 1.165) is 28.0 Å².